The first-order valence-electron chi connectivity index (χ1n) is 8.60. The third kappa shape index (κ3) is 4.46. The standard InChI is InChI=1S/C19H16Cl2O2S.C2H6/c1-23-19(22)12-5-7-14-11(9-12)3-2-4-16(18(14)24)15-8-6-13(20)10-17(15)21;1-2/h5-10,24H,2-4H2,1H3;1-2H3. The van der Waals surface area contributed by atoms with Crippen molar-refractivity contribution >= 4 is 52.3 Å². The summed E-state index contributed by atoms with van der Waals surface area (Å²) < 4.78 is 4.80. The molecule has 2 aromatic carbocycles. The van der Waals surface area contributed by atoms with Gasteiger partial charge < -0.3 is 4.74 Å². The van der Waals surface area contributed by atoms with E-state index < -0.39 is 0 Å². The van der Waals surface area contributed by atoms with E-state index >= 15 is 0 Å². The van der Waals surface area contributed by atoms with Crippen molar-refractivity contribution in [1.82, 2.24) is 0 Å². The molecule has 0 atom stereocenters. The number of ether oxygens (including phenoxy) is 1. The van der Waals surface area contributed by atoms with Crippen molar-refractivity contribution in [2.24, 2.45) is 0 Å². The van der Waals surface area contributed by atoms with Gasteiger partial charge in [0.1, 0.15) is 0 Å². The van der Waals surface area contributed by atoms with Crippen molar-refractivity contribution in [3.63, 3.8) is 0 Å². The minimum Gasteiger partial charge on any atom is -0.465 e. The molecule has 0 saturated heterocycles. The van der Waals surface area contributed by atoms with Crippen LogP contribution in [0.2, 0.25) is 10.0 Å². The number of carbonyl (C=O) groups excluding carboxylic acids is 1. The Kier molecular flexibility index (Phi) is 7.63. The molecule has 5 heteroatoms. The molecule has 0 radical (unpaired) electrons. The molecule has 2 nitrogen and oxygen atoms in total. The smallest absolute Gasteiger partial charge is 0.337 e. The molecule has 1 aliphatic rings. The summed E-state index contributed by atoms with van der Waals surface area (Å²) in [5.41, 5.74) is 4.75. The molecule has 1 aliphatic carbocycles. The third-order valence-corrected chi connectivity index (χ3v) is 5.26. The zero-order chi connectivity index (χ0) is 19.3. The number of benzene rings is 2. The molecule has 0 bridgehead atoms. The molecule has 26 heavy (non-hydrogen) atoms. The summed E-state index contributed by atoms with van der Waals surface area (Å²) in [6, 6.07) is 11.1. The number of hydrogen-bond acceptors (Lipinski definition) is 3. The zero-order valence-electron chi connectivity index (χ0n) is 15.1. The number of aryl methyl sites for hydroxylation is 1. The van der Waals surface area contributed by atoms with Gasteiger partial charge in [0.05, 0.1) is 12.7 Å². The fourth-order valence-corrected chi connectivity index (χ4v) is 3.98. The summed E-state index contributed by atoms with van der Waals surface area (Å²) in [6.45, 7) is 4.00. The minimum absolute atomic E-state index is 0.326. The number of thiol groups is 1. The van der Waals surface area contributed by atoms with Crippen molar-refractivity contribution in [2.45, 2.75) is 33.1 Å². The molecule has 0 aromatic heterocycles. The molecule has 0 N–H and O–H groups in total. The first-order valence-corrected chi connectivity index (χ1v) is 9.80. The first kappa shape index (κ1) is 20.9. The summed E-state index contributed by atoms with van der Waals surface area (Å²) in [5.74, 6) is -0.326. The van der Waals surface area contributed by atoms with E-state index in [1.165, 1.54) is 7.11 Å². The Balaban J connectivity index is 0.00000117. The Morgan fingerprint density at radius 2 is 1.73 bits per heavy atom. The number of hydrogen-bond donors (Lipinski definition) is 1. The number of halogens is 2. The average molecular weight is 409 g/mol. The van der Waals surface area contributed by atoms with Crippen LogP contribution in [0.25, 0.3) is 10.5 Å². The van der Waals surface area contributed by atoms with Gasteiger partial charge in [-0.3, -0.25) is 0 Å². The third-order valence-electron chi connectivity index (χ3n) is 4.20. The fraction of sp³-hybridized carbons (Fsp3) is 0.286. The van der Waals surface area contributed by atoms with E-state index in [4.69, 9.17) is 40.6 Å². The van der Waals surface area contributed by atoms with Crippen LogP contribution in [-0.4, -0.2) is 13.1 Å². The van der Waals surface area contributed by atoms with E-state index in [2.05, 4.69) is 0 Å². The Bertz CT molecular complexity index is 844. The second kappa shape index (κ2) is 9.50. The summed E-state index contributed by atoms with van der Waals surface area (Å²) in [6.07, 6.45) is 2.69. The van der Waals surface area contributed by atoms with Crippen LogP contribution in [0.4, 0.5) is 0 Å². The highest BCUT2D eigenvalue weighted by molar-refractivity contribution is 7.90. The topological polar surface area (TPSA) is 26.3 Å². The molecular weight excluding hydrogens is 387 g/mol. The number of methoxy groups -OCH3 is 1. The Morgan fingerprint density at radius 1 is 1.04 bits per heavy atom. The molecule has 0 saturated carbocycles. The van der Waals surface area contributed by atoms with Gasteiger partial charge in [0.15, 0.2) is 0 Å². The molecule has 2 aromatic rings. The van der Waals surface area contributed by atoms with Crippen LogP contribution in [0.3, 0.4) is 0 Å². The van der Waals surface area contributed by atoms with Crippen LogP contribution in [0.15, 0.2) is 36.4 Å². The van der Waals surface area contributed by atoms with Gasteiger partial charge in [0.25, 0.3) is 0 Å². The van der Waals surface area contributed by atoms with E-state index in [0.717, 1.165) is 46.4 Å². The van der Waals surface area contributed by atoms with Crippen molar-refractivity contribution in [3.05, 3.63) is 68.7 Å². The molecule has 0 fully saturated rings. The highest BCUT2D eigenvalue weighted by Gasteiger charge is 2.19. The predicted molar refractivity (Wildman–Crippen MR) is 114 cm³/mol. The summed E-state index contributed by atoms with van der Waals surface area (Å²) in [5, 5.41) is 1.24. The summed E-state index contributed by atoms with van der Waals surface area (Å²) in [7, 11) is 1.39. The molecule has 0 spiro atoms. The van der Waals surface area contributed by atoms with Crippen LogP contribution in [0.1, 0.15) is 53.7 Å². The molecule has 0 amide bonds. The largest absolute Gasteiger partial charge is 0.465 e. The van der Waals surface area contributed by atoms with E-state index in [1.54, 1.807) is 12.1 Å². The number of allylic oxidation sites excluding steroid dienone is 1. The van der Waals surface area contributed by atoms with Gasteiger partial charge in [-0.05, 0) is 65.8 Å². The lowest BCUT2D eigenvalue weighted by atomic mass is 9.99. The second-order valence-corrected chi connectivity index (χ2v) is 6.96. The predicted octanol–water partition coefficient (Wildman–Crippen LogP) is 6.94. The quantitative estimate of drug-likeness (QED) is 0.430. The van der Waals surface area contributed by atoms with Crippen LogP contribution in [0, 0.1) is 0 Å². The van der Waals surface area contributed by atoms with Gasteiger partial charge in [-0.2, -0.15) is 0 Å². The van der Waals surface area contributed by atoms with Crippen molar-refractivity contribution in [3.8, 4) is 0 Å². The number of esters is 1. The normalized spacial score (nSPS) is 13.3. The van der Waals surface area contributed by atoms with Crippen LogP contribution in [-0.2, 0) is 11.2 Å². The monoisotopic (exact) mass is 408 g/mol. The SMILES string of the molecule is CC.COC(=O)c1ccc2c(c1)CCCC(c1ccc(Cl)cc1Cl)=C2S. The van der Waals surface area contributed by atoms with Gasteiger partial charge >= 0.3 is 5.97 Å². The van der Waals surface area contributed by atoms with Gasteiger partial charge in [0, 0.05) is 15.0 Å². The maximum atomic E-state index is 11.7. The minimum atomic E-state index is -0.326. The molecule has 0 aliphatic heterocycles. The highest BCUT2D eigenvalue weighted by atomic mass is 35.5. The lowest BCUT2D eigenvalue weighted by Gasteiger charge is -2.13. The highest BCUT2D eigenvalue weighted by Crippen LogP contribution is 2.40. The van der Waals surface area contributed by atoms with Gasteiger partial charge in [0.2, 0.25) is 0 Å². The van der Waals surface area contributed by atoms with E-state index in [-0.39, 0.29) is 5.97 Å². The van der Waals surface area contributed by atoms with Crippen molar-refractivity contribution in [2.75, 3.05) is 7.11 Å². The summed E-state index contributed by atoms with van der Waals surface area (Å²) >= 11 is 17.2. The Labute approximate surface area is 170 Å². The second-order valence-electron chi connectivity index (χ2n) is 5.67. The Hall–Kier alpha value is -1.42. The van der Waals surface area contributed by atoms with E-state index in [9.17, 15) is 4.79 Å². The molecule has 0 heterocycles. The number of rotatable bonds is 2. The molecular formula is C21H22Cl2O2S. The van der Waals surface area contributed by atoms with E-state index in [1.807, 2.05) is 38.1 Å². The van der Waals surface area contributed by atoms with Crippen molar-refractivity contribution < 1.29 is 9.53 Å². The van der Waals surface area contributed by atoms with Crippen LogP contribution in [0.5, 0.6) is 0 Å². The molecule has 0 unspecified atom stereocenters. The Morgan fingerprint density at radius 3 is 2.38 bits per heavy atom. The number of fused-ring (bicyclic) bond motifs is 1. The fourth-order valence-electron chi connectivity index (χ4n) is 3.01. The first-order chi connectivity index (χ1) is 12.5. The lowest BCUT2D eigenvalue weighted by molar-refractivity contribution is 0.0600. The van der Waals surface area contributed by atoms with Gasteiger partial charge in [-0.1, -0.05) is 49.2 Å². The van der Waals surface area contributed by atoms with Gasteiger partial charge in [-0.15, -0.1) is 12.6 Å². The maximum Gasteiger partial charge on any atom is 0.337 e. The van der Waals surface area contributed by atoms with Crippen molar-refractivity contribution in [1.29, 1.82) is 0 Å². The van der Waals surface area contributed by atoms with Crippen LogP contribution < -0.4 is 0 Å². The van der Waals surface area contributed by atoms with Gasteiger partial charge in [-0.25, -0.2) is 4.79 Å². The summed E-state index contributed by atoms with van der Waals surface area (Å²) in [4.78, 5) is 12.6. The number of carbonyl (C=O) groups is 1. The zero-order valence-corrected chi connectivity index (χ0v) is 17.5. The molecule has 3 rings (SSSR count). The van der Waals surface area contributed by atoms with Crippen LogP contribution >= 0.6 is 35.8 Å². The molecule has 138 valence electrons. The van der Waals surface area contributed by atoms with E-state index in [0.29, 0.717) is 15.6 Å². The lowest BCUT2D eigenvalue weighted by Crippen LogP contribution is -2.03. The maximum absolute atomic E-state index is 11.7. The average Bonchev–Trinajstić information content (AvgIpc) is 2.81.